The Morgan fingerprint density at radius 3 is 2.59 bits per heavy atom. The summed E-state index contributed by atoms with van der Waals surface area (Å²) in [5.74, 6) is -0.308. The fourth-order valence-corrected chi connectivity index (χ4v) is 5.87. The highest BCUT2D eigenvalue weighted by molar-refractivity contribution is 9.10. The lowest BCUT2D eigenvalue weighted by molar-refractivity contribution is -0.122. The third kappa shape index (κ3) is 4.99. The number of benzene rings is 2. The maximum absolute atomic E-state index is 13.1. The minimum Gasteiger partial charge on any atom is -0.391 e. The number of carbonyl (C=O) groups is 2. The predicted octanol–water partition coefficient (Wildman–Crippen LogP) is 5.92. The fraction of sp³-hybridized carbons (Fsp3) is 0.280. The van der Waals surface area contributed by atoms with E-state index >= 15 is 0 Å². The molecule has 1 aliphatic heterocycles. The number of β-amino-alcohol motifs (C(OH)–C–C–N with tert-alkyl or cyclic N) is 1. The number of Topliss-reactive ketones (excluding diaryl/α,β-unsaturated/α-hetero) is 1. The van der Waals surface area contributed by atoms with Crippen LogP contribution in [0.3, 0.4) is 0 Å². The molecule has 0 radical (unpaired) electrons. The molecule has 4 rings (SSSR count). The van der Waals surface area contributed by atoms with E-state index in [0.717, 1.165) is 5.56 Å². The van der Waals surface area contributed by atoms with Crippen molar-refractivity contribution in [2.75, 3.05) is 6.54 Å². The first-order valence-electron chi connectivity index (χ1n) is 10.4. The molecule has 32 heavy (non-hydrogen) atoms. The Hall–Kier alpha value is -1.99. The van der Waals surface area contributed by atoms with Crippen LogP contribution in [-0.2, 0) is 11.2 Å². The number of hydrogen-bond acceptors (Lipinski definition) is 4. The first-order chi connectivity index (χ1) is 15.3. The molecule has 2 aromatic carbocycles. The molecule has 7 heteroatoms. The summed E-state index contributed by atoms with van der Waals surface area (Å²) in [5.41, 5.74) is 3.94. The van der Waals surface area contributed by atoms with Gasteiger partial charge in [-0.1, -0.05) is 35.9 Å². The average molecular weight is 533 g/mol. The van der Waals surface area contributed by atoms with Gasteiger partial charge in [0.25, 0.3) is 5.91 Å². The fourth-order valence-electron chi connectivity index (χ4n) is 4.09. The number of aliphatic hydroxyl groups is 1. The molecular weight excluding hydrogens is 510 g/mol. The molecule has 2 atom stereocenters. The number of carbonyl (C=O) groups excluding carboxylic acids is 2. The third-order valence-electron chi connectivity index (χ3n) is 5.81. The Morgan fingerprint density at radius 2 is 1.94 bits per heavy atom. The quantitative estimate of drug-likeness (QED) is 0.429. The van der Waals surface area contributed by atoms with Crippen LogP contribution < -0.4 is 0 Å². The largest absolute Gasteiger partial charge is 0.391 e. The van der Waals surface area contributed by atoms with Gasteiger partial charge in [-0.05, 0) is 75.6 Å². The van der Waals surface area contributed by atoms with Crippen LogP contribution in [0.15, 0.2) is 58.4 Å². The van der Waals surface area contributed by atoms with Gasteiger partial charge in [-0.2, -0.15) is 0 Å². The van der Waals surface area contributed by atoms with Crippen LogP contribution in [0.5, 0.6) is 0 Å². The molecule has 166 valence electrons. The Balaban J connectivity index is 1.42. The van der Waals surface area contributed by atoms with Crippen molar-refractivity contribution < 1.29 is 14.7 Å². The van der Waals surface area contributed by atoms with Crippen molar-refractivity contribution >= 4 is 50.6 Å². The monoisotopic (exact) mass is 531 g/mol. The lowest BCUT2D eigenvalue weighted by atomic mass is 10.00. The molecule has 3 aromatic rings. The first kappa shape index (κ1) is 23.2. The molecule has 1 aliphatic rings. The number of ketones is 1. The highest BCUT2D eigenvalue weighted by Gasteiger charge is 2.39. The van der Waals surface area contributed by atoms with Crippen LogP contribution in [0.4, 0.5) is 0 Å². The Labute approximate surface area is 205 Å². The standard InChI is InChI=1S/C25H23BrClNO3S/c1-15-10-11-32-24(15)17-5-2-16(3-6-17)4-9-23(30)22-13-19(29)14-28(22)25(31)20-8-7-18(27)12-21(20)26/h2-3,5-8,10-12,19,22,29H,4,9,13-14H2,1H3/t19-,22+/m1/s1. The highest BCUT2D eigenvalue weighted by Crippen LogP contribution is 2.30. The van der Waals surface area contributed by atoms with Gasteiger partial charge in [0.2, 0.25) is 0 Å². The van der Waals surface area contributed by atoms with Gasteiger partial charge < -0.3 is 10.0 Å². The molecule has 1 fully saturated rings. The van der Waals surface area contributed by atoms with Crippen LogP contribution in [0.1, 0.15) is 34.3 Å². The van der Waals surface area contributed by atoms with Crippen molar-refractivity contribution in [2.24, 2.45) is 0 Å². The number of aliphatic hydroxyl groups excluding tert-OH is 1. The lowest BCUT2D eigenvalue weighted by Crippen LogP contribution is -2.41. The van der Waals surface area contributed by atoms with Crippen LogP contribution in [-0.4, -0.2) is 40.4 Å². The van der Waals surface area contributed by atoms with E-state index < -0.39 is 12.1 Å². The van der Waals surface area contributed by atoms with Crippen molar-refractivity contribution in [1.29, 1.82) is 0 Å². The summed E-state index contributed by atoms with van der Waals surface area (Å²) in [6.45, 7) is 2.25. The maximum atomic E-state index is 13.1. The van der Waals surface area contributed by atoms with E-state index in [2.05, 4.69) is 58.6 Å². The zero-order valence-electron chi connectivity index (χ0n) is 17.6. The minimum absolute atomic E-state index is 0.0295. The molecule has 0 saturated carbocycles. The van der Waals surface area contributed by atoms with E-state index in [0.29, 0.717) is 27.9 Å². The van der Waals surface area contributed by atoms with Crippen molar-refractivity contribution in [3.05, 3.63) is 80.1 Å². The Kier molecular flexibility index (Phi) is 7.15. The topological polar surface area (TPSA) is 57.6 Å². The van der Waals surface area contributed by atoms with Gasteiger partial charge in [-0.3, -0.25) is 9.59 Å². The van der Waals surface area contributed by atoms with Crippen LogP contribution in [0.25, 0.3) is 10.4 Å². The molecule has 1 amide bonds. The van der Waals surface area contributed by atoms with E-state index in [1.54, 1.807) is 29.5 Å². The summed E-state index contributed by atoms with van der Waals surface area (Å²) in [6, 6.07) is 14.7. The van der Waals surface area contributed by atoms with Crippen molar-refractivity contribution in [1.82, 2.24) is 4.90 Å². The second-order valence-electron chi connectivity index (χ2n) is 8.08. The van der Waals surface area contributed by atoms with Crippen molar-refractivity contribution in [2.45, 2.75) is 38.3 Å². The summed E-state index contributed by atoms with van der Waals surface area (Å²) in [4.78, 5) is 28.8. The van der Waals surface area contributed by atoms with Gasteiger partial charge in [-0.15, -0.1) is 11.3 Å². The Morgan fingerprint density at radius 1 is 1.19 bits per heavy atom. The summed E-state index contributed by atoms with van der Waals surface area (Å²) in [5, 5.41) is 12.8. The number of nitrogens with zero attached hydrogens (tertiary/aromatic N) is 1. The molecule has 0 aliphatic carbocycles. The molecule has 0 bridgehead atoms. The number of thiophene rings is 1. The SMILES string of the molecule is Cc1ccsc1-c1ccc(CCC(=O)[C@@H]2C[C@@H](O)CN2C(=O)c2ccc(Cl)cc2Br)cc1. The zero-order chi connectivity index (χ0) is 22.8. The normalized spacial score (nSPS) is 18.2. The van der Waals surface area contributed by atoms with Gasteiger partial charge in [-0.25, -0.2) is 0 Å². The smallest absolute Gasteiger partial charge is 0.255 e. The molecule has 4 nitrogen and oxygen atoms in total. The number of halogens is 2. The van der Waals surface area contributed by atoms with Gasteiger partial charge >= 0.3 is 0 Å². The van der Waals surface area contributed by atoms with Gasteiger partial charge in [0.1, 0.15) is 0 Å². The average Bonchev–Trinajstić information content (AvgIpc) is 3.37. The number of hydrogen-bond donors (Lipinski definition) is 1. The van der Waals surface area contributed by atoms with Crippen molar-refractivity contribution in [3.63, 3.8) is 0 Å². The summed E-state index contributed by atoms with van der Waals surface area (Å²) in [6.07, 6.45) is 0.487. The lowest BCUT2D eigenvalue weighted by Gasteiger charge is -2.24. The maximum Gasteiger partial charge on any atom is 0.255 e. The van der Waals surface area contributed by atoms with Gasteiger partial charge in [0, 0.05) is 33.8 Å². The van der Waals surface area contributed by atoms with E-state index in [-0.39, 0.29) is 24.7 Å². The van der Waals surface area contributed by atoms with Crippen LogP contribution in [0.2, 0.25) is 5.02 Å². The number of rotatable bonds is 6. The molecule has 1 aromatic heterocycles. The molecule has 2 heterocycles. The molecular formula is C25H23BrClNO3S. The number of amides is 1. The minimum atomic E-state index is -0.702. The highest BCUT2D eigenvalue weighted by atomic mass is 79.9. The van der Waals surface area contributed by atoms with Crippen LogP contribution >= 0.6 is 38.9 Å². The van der Waals surface area contributed by atoms with Crippen LogP contribution in [0, 0.1) is 6.92 Å². The van der Waals surface area contributed by atoms with E-state index in [4.69, 9.17) is 11.6 Å². The molecule has 0 spiro atoms. The number of likely N-dealkylation sites (tertiary alicyclic amines) is 1. The summed E-state index contributed by atoms with van der Waals surface area (Å²) in [7, 11) is 0. The van der Waals surface area contributed by atoms with E-state index in [1.165, 1.54) is 20.9 Å². The van der Waals surface area contributed by atoms with Gasteiger partial charge in [0.15, 0.2) is 5.78 Å². The predicted molar refractivity (Wildman–Crippen MR) is 132 cm³/mol. The first-order valence-corrected chi connectivity index (χ1v) is 12.5. The van der Waals surface area contributed by atoms with E-state index in [9.17, 15) is 14.7 Å². The van der Waals surface area contributed by atoms with E-state index in [1.807, 2.05) is 0 Å². The molecule has 0 unspecified atom stereocenters. The molecule has 1 saturated heterocycles. The molecule has 1 N–H and O–H groups in total. The summed E-state index contributed by atoms with van der Waals surface area (Å²) < 4.78 is 0.573. The third-order valence-corrected chi connectivity index (χ3v) is 7.77. The Bertz CT molecular complexity index is 1140. The zero-order valence-corrected chi connectivity index (χ0v) is 20.7. The second kappa shape index (κ2) is 9.87. The summed E-state index contributed by atoms with van der Waals surface area (Å²) >= 11 is 11.1. The number of aryl methyl sites for hydroxylation is 2. The van der Waals surface area contributed by atoms with Gasteiger partial charge in [0.05, 0.1) is 17.7 Å². The second-order valence-corrected chi connectivity index (χ2v) is 10.3. The van der Waals surface area contributed by atoms with Crippen molar-refractivity contribution in [3.8, 4) is 10.4 Å².